The summed E-state index contributed by atoms with van der Waals surface area (Å²) >= 11 is 19.6. The van der Waals surface area contributed by atoms with Crippen LogP contribution in [0.3, 0.4) is 0 Å². The van der Waals surface area contributed by atoms with E-state index in [4.69, 9.17) is 69.3 Å². The van der Waals surface area contributed by atoms with Gasteiger partial charge < -0.3 is 59.5 Å². The van der Waals surface area contributed by atoms with Crippen molar-refractivity contribution in [2.75, 3.05) is 124 Å². The minimum absolute atomic E-state index is 0. The van der Waals surface area contributed by atoms with E-state index >= 15 is 0 Å². The summed E-state index contributed by atoms with van der Waals surface area (Å²) in [5.74, 6) is 1.72. The predicted octanol–water partition coefficient (Wildman–Crippen LogP) is 9.83. The molecular weight excluding hydrogens is 1570 g/mol. The molecule has 6 aliphatic rings. The number of hydrogen-bond donors (Lipinski definition) is 9. The van der Waals surface area contributed by atoms with E-state index in [0.717, 1.165) is 54.2 Å². The number of urea groups is 3. The first-order chi connectivity index (χ1) is 53.2. The lowest BCUT2D eigenvalue weighted by molar-refractivity contribution is -0.138. The van der Waals surface area contributed by atoms with Crippen molar-refractivity contribution in [1.82, 2.24) is 49.8 Å². The lowest BCUT2D eigenvalue weighted by Crippen LogP contribution is -2.48. The number of aliphatic hydroxyl groups excluding tert-OH is 6. The van der Waals surface area contributed by atoms with Gasteiger partial charge in [0.05, 0.1) is 111 Å². The number of nitrogens with one attached hydrogen (secondary N) is 3. The zero-order chi connectivity index (χ0) is 78.6. The maximum Gasteiger partial charge on any atom is 0.416 e. The molecular formula is C71H69Cl4F6N19O12. The second-order valence-electron chi connectivity index (χ2n) is 26.0. The fourth-order valence-corrected chi connectivity index (χ4v) is 13.8. The number of carbonyl (C=O) groups is 3. The fraction of sp³-hybridized carbons (Fsp3) is 0.338. The van der Waals surface area contributed by atoms with Gasteiger partial charge in [-0.05, 0) is 92.9 Å². The number of nitrogens with zero attached hydrogens (tertiary/aromatic N) is 16. The zero-order valence-corrected chi connectivity index (χ0v) is 61.8. The van der Waals surface area contributed by atoms with Crippen LogP contribution in [-0.4, -0.2) is 214 Å². The average molecular weight is 1640 g/mol. The number of aromatic nitrogens is 10. The first-order valence-electron chi connectivity index (χ1n) is 34.4. The molecule has 6 aliphatic heterocycles. The maximum atomic E-state index is 13.5. The van der Waals surface area contributed by atoms with Crippen LogP contribution in [0.15, 0.2) is 122 Å². The number of halogens is 10. The third-order valence-corrected chi connectivity index (χ3v) is 19.2. The van der Waals surface area contributed by atoms with Crippen LogP contribution >= 0.6 is 47.2 Å². The van der Waals surface area contributed by atoms with Crippen LogP contribution in [0, 0.1) is 6.92 Å². The van der Waals surface area contributed by atoms with Gasteiger partial charge in [0, 0.05) is 80.2 Å². The van der Waals surface area contributed by atoms with E-state index in [-0.39, 0.29) is 136 Å². The molecule has 2 aromatic carbocycles. The van der Waals surface area contributed by atoms with Crippen LogP contribution in [0.1, 0.15) is 36.1 Å². The summed E-state index contributed by atoms with van der Waals surface area (Å²) in [5, 5.41) is 64.0. The highest BCUT2D eigenvalue weighted by Gasteiger charge is 2.45. The summed E-state index contributed by atoms with van der Waals surface area (Å²) in [6.45, 7) is 3.77. The number of pyridine rings is 4. The minimum Gasteiger partial charge on any atom is -0.474 e. The summed E-state index contributed by atoms with van der Waals surface area (Å²) < 4.78 is 95.6. The molecule has 112 heavy (non-hydrogen) atoms. The Morgan fingerprint density at radius 2 is 0.857 bits per heavy atom. The minimum atomic E-state index is -4.54. The molecule has 9 aromatic rings. The highest BCUT2D eigenvalue weighted by Crippen LogP contribution is 2.48. The van der Waals surface area contributed by atoms with Gasteiger partial charge in [-0.25, -0.2) is 49.3 Å². The number of benzene rings is 2. The Morgan fingerprint density at radius 3 is 1.22 bits per heavy atom. The molecule has 0 saturated carbocycles. The van der Waals surface area contributed by atoms with Gasteiger partial charge in [-0.1, -0.05) is 59.1 Å². The van der Waals surface area contributed by atoms with Crippen molar-refractivity contribution in [3.8, 4) is 51.7 Å². The highest BCUT2D eigenvalue weighted by atomic mass is 35.5. The van der Waals surface area contributed by atoms with Crippen LogP contribution in [0.25, 0.3) is 33.8 Å². The number of fused-ring (bicyclic) bond motifs is 12. The number of hydrogen-bond acceptors (Lipinski definition) is 25. The molecule has 0 unspecified atom stereocenters. The van der Waals surface area contributed by atoms with E-state index in [1.807, 2.05) is 34.9 Å². The van der Waals surface area contributed by atoms with Crippen LogP contribution in [0.2, 0.25) is 15.1 Å². The SMILES string of the molecule is Cc1cc(-c2nc3c(cc2Cl)N2CC[C@@H](C2)N3C(=O)Nc2cnc(OC[C@H](O)CO)cn2)ccn1.Cl.O=C(Nc1ccnc(OC[C@@H](O)CO)n1)N1c2nc(-c3cccc(C(F)(F)F)c3)c(Cl)cc2N2CC[C@H]1C2.O=C(Nc1ccnc(OC[C@@H](O)CO)n1)N1c2nc(-c3cccc(C(F)(F)F)c3)c(Cl)cc2N2CC[C@H]1C2. The van der Waals surface area contributed by atoms with Crippen molar-refractivity contribution < 1.29 is 85.6 Å². The number of ether oxygens (including phenoxy) is 3. The lowest BCUT2D eigenvalue weighted by Gasteiger charge is -2.36. The molecule has 6 amide bonds. The Labute approximate surface area is 654 Å². The number of anilines is 9. The molecule has 3 fully saturated rings. The molecule has 15 rings (SSSR count). The first-order valence-corrected chi connectivity index (χ1v) is 35.5. The van der Waals surface area contributed by atoms with Crippen molar-refractivity contribution in [3.63, 3.8) is 0 Å². The summed E-state index contributed by atoms with van der Waals surface area (Å²) in [4.78, 5) is 93.7. The van der Waals surface area contributed by atoms with E-state index in [9.17, 15) is 56.0 Å². The highest BCUT2D eigenvalue weighted by molar-refractivity contribution is 6.34. The summed E-state index contributed by atoms with van der Waals surface area (Å²) in [6, 6.07) is 18.9. The van der Waals surface area contributed by atoms with Crippen LogP contribution in [0.4, 0.5) is 92.7 Å². The molecule has 41 heteroatoms. The standard InChI is InChI=1S/2C24H22ClF3N6O4.C23H24ClN7O4.ClH/c2*25-17-9-18-21(32-20(17)13-2-1-3-14(8-13)24(26,27)28)34(15-5-7-33(18)10-15)23(37)31-19-4-6-29-22(30-19)38-12-16(36)11-35;1-13-6-14(2-4-25-13)21-17(24)7-18-22(29-21)31(15-3-5-30(18)10-15)23(34)28-19-8-27-20(9-26-19)35-12-16(33)11-32;/h2*1-4,6,8-9,15-16,35-36H,5,7,10-12H2,(H,29,30,31,37);2,4,6-9,15-16,32-33H,3,5,10-12H2,1H3,(H,26,28,34);1H/t2*15-,16-;15-,16+;/m000./s1. The van der Waals surface area contributed by atoms with Gasteiger partial charge in [0.1, 0.15) is 49.8 Å². The van der Waals surface area contributed by atoms with Gasteiger partial charge in [-0.15, -0.1) is 12.4 Å². The van der Waals surface area contributed by atoms with Gasteiger partial charge >= 0.3 is 42.5 Å². The van der Waals surface area contributed by atoms with Gasteiger partial charge in [-0.3, -0.25) is 35.6 Å². The molecule has 0 radical (unpaired) electrons. The van der Waals surface area contributed by atoms with Crippen molar-refractivity contribution in [1.29, 1.82) is 0 Å². The van der Waals surface area contributed by atoms with Crippen LogP contribution in [-0.2, 0) is 12.4 Å². The second-order valence-corrected chi connectivity index (χ2v) is 27.2. The third-order valence-electron chi connectivity index (χ3n) is 18.3. The van der Waals surface area contributed by atoms with Crippen molar-refractivity contribution in [2.45, 2.75) is 75.0 Å². The summed E-state index contributed by atoms with van der Waals surface area (Å²) in [5.41, 5.74) is 3.17. The summed E-state index contributed by atoms with van der Waals surface area (Å²) in [6.07, 6.45) is -3.10. The van der Waals surface area contributed by atoms with E-state index < -0.39 is 73.7 Å². The Balaban J connectivity index is 0.000000155. The molecule has 7 aromatic heterocycles. The topological polar surface area (TPSA) is 385 Å². The Bertz CT molecular complexity index is 4720. The number of aryl methyl sites for hydroxylation is 1. The largest absolute Gasteiger partial charge is 0.474 e. The quantitative estimate of drug-likeness (QED) is 0.0361. The van der Waals surface area contributed by atoms with Crippen LogP contribution in [0.5, 0.6) is 17.9 Å². The van der Waals surface area contributed by atoms with Crippen molar-refractivity contribution >= 4 is 117 Å². The molecule has 6 bridgehead atoms. The molecule has 3 saturated heterocycles. The van der Waals surface area contributed by atoms with E-state index in [1.165, 1.54) is 71.0 Å². The molecule has 31 nitrogen and oxygen atoms in total. The monoisotopic (exact) mass is 1630 g/mol. The Morgan fingerprint density at radius 1 is 0.482 bits per heavy atom. The molecule has 6 atom stereocenters. The molecule has 590 valence electrons. The predicted molar refractivity (Wildman–Crippen MR) is 402 cm³/mol. The van der Waals surface area contributed by atoms with E-state index in [0.29, 0.717) is 73.5 Å². The van der Waals surface area contributed by atoms with Crippen molar-refractivity contribution in [3.05, 3.63) is 154 Å². The Hall–Kier alpha value is -10.6. The first kappa shape index (κ1) is 80.9. The number of aliphatic hydroxyl groups is 6. The number of carbonyl (C=O) groups excluding carboxylic acids is 3. The van der Waals surface area contributed by atoms with Gasteiger partial charge in [0.2, 0.25) is 5.88 Å². The molecule has 0 aliphatic carbocycles. The third kappa shape index (κ3) is 18.3. The molecule has 13 heterocycles. The van der Waals surface area contributed by atoms with E-state index in [1.54, 1.807) is 23.2 Å². The molecule has 0 spiro atoms. The molecule has 9 N–H and O–H groups in total. The normalized spacial score (nSPS) is 17.1. The maximum absolute atomic E-state index is 13.5. The number of rotatable bonds is 18. The Kier molecular flexibility index (Phi) is 25.0. The number of alkyl halides is 6. The smallest absolute Gasteiger partial charge is 0.416 e. The average Bonchev–Trinajstić information content (AvgIpc) is 1.55. The van der Waals surface area contributed by atoms with E-state index in [2.05, 4.69) is 65.7 Å². The van der Waals surface area contributed by atoms with Crippen molar-refractivity contribution in [2.24, 2.45) is 0 Å². The number of amides is 6. The van der Waals surface area contributed by atoms with Gasteiger partial charge in [0.25, 0.3) is 0 Å². The summed E-state index contributed by atoms with van der Waals surface area (Å²) in [7, 11) is 0. The zero-order valence-electron chi connectivity index (χ0n) is 58.7. The van der Waals surface area contributed by atoms with Gasteiger partial charge in [-0.2, -0.15) is 36.3 Å². The second kappa shape index (κ2) is 34.6. The fourth-order valence-electron chi connectivity index (χ4n) is 13.0. The van der Waals surface area contributed by atoms with Crippen LogP contribution < -0.4 is 59.6 Å². The van der Waals surface area contributed by atoms with Gasteiger partial charge in [0.15, 0.2) is 23.3 Å². The lowest BCUT2D eigenvalue weighted by atomic mass is 10.1.